The molecule has 0 radical (unpaired) electrons. The van der Waals surface area contributed by atoms with E-state index in [4.69, 9.17) is 15.2 Å². The van der Waals surface area contributed by atoms with E-state index in [0.29, 0.717) is 13.2 Å². The number of thiophene rings is 1. The second-order valence-electron chi connectivity index (χ2n) is 4.66. The van der Waals surface area contributed by atoms with Crippen LogP contribution in [0.2, 0.25) is 0 Å². The lowest BCUT2D eigenvalue weighted by Crippen LogP contribution is -2.17. The van der Waals surface area contributed by atoms with Crippen molar-refractivity contribution in [1.29, 1.82) is 0 Å². The third kappa shape index (κ3) is 2.45. The van der Waals surface area contributed by atoms with Crippen molar-refractivity contribution in [3.63, 3.8) is 0 Å². The van der Waals surface area contributed by atoms with Gasteiger partial charge in [0, 0.05) is 9.35 Å². The Morgan fingerprint density at radius 2 is 2.00 bits per heavy atom. The molecule has 0 spiro atoms. The number of fused-ring (bicyclic) bond motifs is 1. The van der Waals surface area contributed by atoms with E-state index in [1.807, 2.05) is 12.1 Å². The van der Waals surface area contributed by atoms with Crippen molar-refractivity contribution in [3.05, 3.63) is 44.1 Å². The summed E-state index contributed by atoms with van der Waals surface area (Å²) in [4.78, 5) is 1.21. The molecule has 2 aromatic rings. The Hall–Kier alpha value is -1.04. The zero-order valence-corrected chi connectivity index (χ0v) is 13.6. The van der Waals surface area contributed by atoms with Crippen molar-refractivity contribution in [2.75, 3.05) is 13.2 Å². The first-order valence-electron chi connectivity index (χ1n) is 6.61. The van der Waals surface area contributed by atoms with Gasteiger partial charge in [-0.25, -0.2) is 0 Å². The average Bonchev–Trinajstić information content (AvgIpc) is 2.94. The van der Waals surface area contributed by atoms with E-state index in [1.54, 1.807) is 11.3 Å². The van der Waals surface area contributed by atoms with Crippen LogP contribution in [0, 0.1) is 0 Å². The summed E-state index contributed by atoms with van der Waals surface area (Å²) >= 11 is 5.30. The lowest BCUT2D eigenvalue weighted by molar-refractivity contribution is 0.171. The first-order valence-corrected chi connectivity index (χ1v) is 8.29. The molecule has 3 nitrogen and oxygen atoms in total. The van der Waals surface area contributed by atoms with Crippen molar-refractivity contribution in [2.24, 2.45) is 5.73 Å². The topological polar surface area (TPSA) is 44.5 Å². The van der Waals surface area contributed by atoms with E-state index in [9.17, 15) is 0 Å². The molecule has 2 N–H and O–H groups in total. The van der Waals surface area contributed by atoms with Gasteiger partial charge in [0.05, 0.1) is 6.04 Å². The Kier molecular flexibility index (Phi) is 4.01. The lowest BCUT2D eigenvalue weighted by Gasteiger charge is -2.22. The number of aryl methyl sites for hydroxylation is 1. The number of benzene rings is 1. The smallest absolute Gasteiger partial charge is 0.162 e. The molecule has 0 amide bonds. The summed E-state index contributed by atoms with van der Waals surface area (Å²) in [6, 6.07) is 5.94. The fraction of sp³-hybridized carbons (Fsp3) is 0.333. The minimum atomic E-state index is -0.143. The molecule has 0 bridgehead atoms. The predicted octanol–water partition coefficient (Wildman–Crippen LogP) is 3.89. The minimum Gasteiger partial charge on any atom is -0.486 e. The zero-order chi connectivity index (χ0) is 14.1. The van der Waals surface area contributed by atoms with Gasteiger partial charge in [0.25, 0.3) is 0 Å². The van der Waals surface area contributed by atoms with Crippen molar-refractivity contribution in [1.82, 2.24) is 0 Å². The van der Waals surface area contributed by atoms with Crippen LogP contribution in [0.5, 0.6) is 11.5 Å². The maximum Gasteiger partial charge on any atom is 0.162 e. The monoisotopic (exact) mass is 353 g/mol. The number of rotatable bonds is 3. The molecular formula is C15H16BrNO2S. The molecule has 0 saturated heterocycles. The van der Waals surface area contributed by atoms with Gasteiger partial charge in [-0.05, 0) is 41.1 Å². The average molecular weight is 354 g/mol. The highest BCUT2D eigenvalue weighted by atomic mass is 79.9. The van der Waals surface area contributed by atoms with Gasteiger partial charge in [0.1, 0.15) is 13.2 Å². The first kappa shape index (κ1) is 13.9. The van der Waals surface area contributed by atoms with Crippen molar-refractivity contribution in [3.8, 4) is 11.5 Å². The molecule has 1 unspecified atom stereocenters. The lowest BCUT2D eigenvalue weighted by atomic mass is 10.0. The van der Waals surface area contributed by atoms with Crippen molar-refractivity contribution < 1.29 is 9.47 Å². The van der Waals surface area contributed by atoms with Gasteiger partial charge in [-0.1, -0.05) is 22.9 Å². The van der Waals surface area contributed by atoms with Crippen LogP contribution in [0.1, 0.15) is 29.0 Å². The Morgan fingerprint density at radius 3 is 2.70 bits per heavy atom. The highest BCUT2D eigenvalue weighted by molar-refractivity contribution is 9.10. The van der Waals surface area contributed by atoms with Crippen LogP contribution >= 0.6 is 27.3 Å². The molecule has 20 heavy (non-hydrogen) atoms. The molecule has 0 fully saturated rings. The summed E-state index contributed by atoms with van der Waals surface area (Å²) in [6.07, 6.45) is 0.995. The minimum absolute atomic E-state index is 0.143. The quantitative estimate of drug-likeness (QED) is 0.910. The van der Waals surface area contributed by atoms with Gasteiger partial charge in [-0.2, -0.15) is 0 Å². The van der Waals surface area contributed by atoms with E-state index in [1.165, 1.54) is 10.4 Å². The van der Waals surface area contributed by atoms with Crippen LogP contribution in [-0.4, -0.2) is 13.2 Å². The number of hydrogen-bond donors (Lipinski definition) is 1. The molecular weight excluding hydrogens is 338 g/mol. The third-order valence-electron chi connectivity index (χ3n) is 3.44. The van der Waals surface area contributed by atoms with E-state index >= 15 is 0 Å². The van der Waals surface area contributed by atoms with Crippen LogP contribution in [-0.2, 0) is 6.42 Å². The third-order valence-corrected chi connectivity index (χ3v) is 5.17. The number of nitrogens with two attached hydrogens (primary N) is 1. The van der Waals surface area contributed by atoms with Crippen molar-refractivity contribution in [2.45, 2.75) is 19.4 Å². The maximum absolute atomic E-state index is 6.46. The highest BCUT2D eigenvalue weighted by Gasteiger charge is 2.21. The summed E-state index contributed by atoms with van der Waals surface area (Å²) in [6.45, 7) is 3.33. The van der Waals surface area contributed by atoms with Gasteiger partial charge in [0.15, 0.2) is 11.5 Å². The molecule has 0 aliphatic carbocycles. The van der Waals surface area contributed by atoms with E-state index in [-0.39, 0.29) is 6.04 Å². The van der Waals surface area contributed by atoms with E-state index < -0.39 is 0 Å². The standard InChI is InChI=1S/C15H16BrNO2S/c1-2-9-3-6-20-15(9)14(17)10-7-12-13(8-11(10)16)19-5-4-18-12/h3,6-8,14H,2,4-5,17H2,1H3. The fourth-order valence-corrected chi connectivity index (χ4v) is 3.96. The van der Waals surface area contributed by atoms with Gasteiger partial charge in [-0.3, -0.25) is 0 Å². The number of halogens is 1. The number of ether oxygens (including phenoxy) is 2. The molecule has 1 aromatic heterocycles. The molecule has 1 aromatic carbocycles. The van der Waals surface area contributed by atoms with Crippen LogP contribution in [0.15, 0.2) is 28.1 Å². The summed E-state index contributed by atoms with van der Waals surface area (Å²) in [5.41, 5.74) is 8.80. The Bertz CT molecular complexity index is 626. The van der Waals surface area contributed by atoms with Crippen LogP contribution < -0.4 is 15.2 Å². The van der Waals surface area contributed by atoms with Crippen molar-refractivity contribution >= 4 is 27.3 Å². The highest BCUT2D eigenvalue weighted by Crippen LogP contribution is 2.40. The second kappa shape index (κ2) is 5.76. The van der Waals surface area contributed by atoms with Crippen LogP contribution in [0.4, 0.5) is 0 Å². The fourth-order valence-electron chi connectivity index (χ4n) is 2.37. The summed E-state index contributed by atoms with van der Waals surface area (Å²) < 4.78 is 12.2. The number of hydrogen-bond acceptors (Lipinski definition) is 4. The predicted molar refractivity (Wildman–Crippen MR) is 84.9 cm³/mol. The molecule has 1 aliphatic heterocycles. The van der Waals surface area contributed by atoms with Crippen LogP contribution in [0.3, 0.4) is 0 Å². The largest absolute Gasteiger partial charge is 0.486 e. The molecule has 5 heteroatoms. The normalized spacial score (nSPS) is 15.2. The second-order valence-corrected chi connectivity index (χ2v) is 6.46. The maximum atomic E-state index is 6.46. The molecule has 2 heterocycles. The Labute approximate surface area is 130 Å². The van der Waals surface area contributed by atoms with E-state index in [2.05, 4.69) is 34.3 Å². The summed E-state index contributed by atoms with van der Waals surface area (Å²) in [5.74, 6) is 1.56. The summed E-state index contributed by atoms with van der Waals surface area (Å²) in [5, 5.41) is 2.10. The molecule has 3 rings (SSSR count). The molecule has 106 valence electrons. The van der Waals surface area contributed by atoms with Gasteiger partial charge in [-0.15, -0.1) is 11.3 Å². The molecule has 1 atom stereocenters. The van der Waals surface area contributed by atoms with E-state index in [0.717, 1.165) is 28.0 Å². The van der Waals surface area contributed by atoms with Gasteiger partial charge in [0.2, 0.25) is 0 Å². The Morgan fingerprint density at radius 1 is 1.30 bits per heavy atom. The zero-order valence-electron chi connectivity index (χ0n) is 11.2. The van der Waals surface area contributed by atoms with Gasteiger partial charge >= 0.3 is 0 Å². The Balaban J connectivity index is 2.01. The molecule has 0 saturated carbocycles. The molecule has 1 aliphatic rings. The first-order chi connectivity index (χ1) is 9.70. The summed E-state index contributed by atoms with van der Waals surface area (Å²) in [7, 11) is 0. The van der Waals surface area contributed by atoms with Gasteiger partial charge < -0.3 is 15.2 Å². The van der Waals surface area contributed by atoms with Crippen LogP contribution in [0.25, 0.3) is 0 Å². The SMILES string of the molecule is CCc1ccsc1C(N)c1cc2c(cc1Br)OCCO2.